The second kappa shape index (κ2) is 6.95. The van der Waals surface area contributed by atoms with Gasteiger partial charge < -0.3 is 14.6 Å². The Kier molecular flexibility index (Phi) is 4.73. The van der Waals surface area contributed by atoms with Crippen molar-refractivity contribution >= 4 is 5.91 Å². The molecule has 0 fully saturated rings. The number of benzene rings is 1. The molecule has 0 aliphatic carbocycles. The summed E-state index contributed by atoms with van der Waals surface area (Å²) >= 11 is 0. The zero-order valence-electron chi connectivity index (χ0n) is 10.8. The van der Waals surface area contributed by atoms with E-state index in [4.69, 9.17) is 10.00 Å². The van der Waals surface area contributed by atoms with Crippen molar-refractivity contribution in [3.8, 4) is 11.8 Å². The molecule has 1 aromatic heterocycles. The molecule has 0 unspecified atom stereocenters. The lowest BCUT2D eigenvalue weighted by atomic mass is 10.2. The minimum atomic E-state index is -0.224. The van der Waals surface area contributed by atoms with E-state index < -0.39 is 0 Å². The van der Waals surface area contributed by atoms with Crippen molar-refractivity contribution in [1.82, 2.24) is 14.9 Å². The number of ether oxygens (including phenoxy) is 1. The molecule has 2 aromatic rings. The summed E-state index contributed by atoms with van der Waals surface area (Å²) in [7, 11) is 0. The van der Waals surface area contributed by atoms with Crippen LogP contribution >= 0.6 is 0 Å². The van der Waals surface area contributed by atoms with Crippen molar-refractivity contribution in [2.24, 2.45) is 0 Å². The molecule has 2 rings (SSSR count). The average Bonchev–Trinajstić information content (AvgIpc) is 2.98. The molecular weight excluding hydrogens is 256 g/mol. The van der Waals surface area contributed by atoms with E-state index >= 15 is 0 Å². The molecule has 0 saturated heterocycles. The number of nitriles is 1. The highest BCUT2D eigenvalue weighted by Crippen LogP contribution is 2.15. The zero-order chi connectivity index (χ0) is 14.2. The molecule has 0 bridgehead atoms. The number of para-hydroxylation sites is 1. The van der Waals surface area contributed by atoms with Gasteiger partial charge in [0.1, 0.15) is 11.8 Å². The van der Waals surface area contributed by atoms with Crippen LogP contribution in [0.3, 0.4) is 0 Å². The lowest BCUT2D eigenvalue weighted by Gasteiger charge is -2.08. The smallest absolute Gasteiger partial charge is 0.258 e. The van der Waals surface area contributed by atoms with Crippen LogP contribution < -0.4 is 10.1 Å². The molecule has 0 aliphatic rings. The van der Waals surface area contributed by atoms with E-state index in [1.165, 1.54) is 0 Å². The predicted molar refractivity (Wildman–Crippen MR) is 71.9 cm³/mol. The zero-order valence-corrected chi connectivity index (χ0v) is 10.8. The van der Waals surface area contributed by atoms with E-state index in [9.17, 15) is 4.79 Å². The topological polar surface area (TPSA) is 79.9 Å². The summed E-state index contributed by atoms with van der Waals surface area (Å²) in [6.45, 7) is 1.04. The van der Waals surface area contributed by atoms with Gasteiger partial charge in [0, 0.05) is 25.5 Å². The number of carbonyl (C=O) groups is 1. The van der Waals surface area contributed by atoms with Gasteiger partial charge in [0.05, 0.1) is 11.9 Å². The molecular formula is C14H14N4O2. The Balaban J connectivity index is 1.74. The Hall–Kier alpha value is -2.81. The van der Waals surface area contributed by atoms with Gasteiger partial charge in [-0.05, 0) is 12.1 Å². The predicted octanol–water partition coefficient (Wildman–Crippen LogP) is 0.950. The van der Waals surface area contributed by atoms with Crippen molar-refractivity contribution in [3.63, 3.8) is 0 Å². The minimum absolute atomic E-state index is 0.109. The first-order valence-corrected chi connectivity index (χ1v) is 6.14. The maximum absolute atomic E-state index is 11.6. The molecule has 102 valence electrons. The number of rotatable bonds is 6. The SMILES string of the molecule is N#Cc1ccccc1OCC(=O)NCCn1ccnc1. The molecule has 0 saturated carbocycles. The Morgan fingerprint density at radius 2 is 2.30 bits per heavy atom. The molecule has 0 radical (unpaired) electrons. The van der Waals surface area contributed by atoms with Gasteiger partial charge in [0.2, 0.25) is 0 Å². The van der Waals surface area contributed by atoms with Crippen LogP contribution in [0, 0.1) is 11.3 Å². The van der Waals surface area contributed by atoms with E-state index in [0.29, 0.717) is 24.4 Å². The summed E-state index contributed by atoms with van der Waals surface area (Å²) in [5, 5.41) is 11.6. The number of nitrogens with one attached hydrogen (secondary N) is 1. The van der Waals surface area contributed by atoms with Crippen LogP contribution in [0.15, 0.2) is 43.0 Å². The van der Waals surface area contributed by atoms with Crippen LogP contribution in [-0.4, -0.2) is 28.6 Å². The summed E-state index contributed by atoms with van der Waals surface area (Å²) in [4.78, 5) is 15.5. The van der Waals surface area contributed by atoms with Crippen molar-refractivity contribution < 1.29 is 9.53 Å². The number of hydrogen-bond donors (Lipinski definition) is 1. The maximum Gasteiger partial charge on any atom is 0.258 e. The molecule has 1 amide bonds. The first-order chi connectivity index (χ1) is 9.79. The summed E-state index contributed by atoms with van der Waals surface area (Å²) in [5.74, 6) is 0.192. The number of aromatic nitrogens is 2. The second-order valence-corrected chi connectivity index (χ2v) is 4.05. The summed E-state index contributed by atoms with van der Waals surface area (Å²) in [6.07, 6.45) is 5.20. The Morgan fingerprint density at radius 3 is 3.05 bits per heavy atom. The van der Waals surface area contributed by atoms with Crippen LogP contribution in [0.2, 0.25) is 0 Å². The largest absolute Gasteiger partial charge is 0.482 e. The Labute approximate surface area is 116 Å². The third kappa shape index (κ3) is 3.85. The van der Waals surface area contributed by atoms with Crippen molar-refractivity contribution in [3.05, 3.63) is 48.5 Å². The average molecular weight is 270 g/mol. The Morgan fingerprint density at radius 1 is 1.45 bits per heavy atom. The lowest BCUT2D eigenvalue weighted by molar-refractivity contribution is -0.123. The van der Waals surface area contributed by atoms with Gasteiger partial charge in [-0.1, -0.05) is 12.1 Å². The molecule has 20 heavy (non-hydrogen) atoms. The molecule has 0 atom stereocenters. The van der Waals surface area contributed by atoms with E-state index in [2.05, 4.69) is 10.3 Å². The van der Waals surface area contributed by atoms with Crippen LogP contribution in [0.4, 0.5) is 0 Å². The monoisotopic (exact) mass is 270 g/mol. The number of imidazole rings is 1. The highest BCUT2D eigenvalue weighted by Gasteiger charge is 2.05. The summed E-state index contributed by atoms with van der Waals surface area (Å²) < 4.78 is 7.19. The van der Waals surface area contributed by atoms with Crippen molar-refractivity contribution in [1.29, 1.82) is 5.26 Å². The highest BCUT2D eigenvalue weighted by molar-refractivity contribution is 5.77. The van der Waals surface area contributed by atoms with Gasteiger partial charge in [-0.3, -0.25) is 4.79 Å². The van der Waals surface area contributed by atoms with Crippen LogP contribution in [0.5, 0.6) is 5.75 Å². The van der Waals surface area contributed by atoms with Gasteiger partial charge in [-0.25, -0.2) is 4.98 Å². The fourth-order valence-electron chi connectivity index (χ4n) is 1.62. The fourth-order valence-corrected chi connectivity index (χ4v) is 1.62. The van der Waals surface area contributed by atoms with Gasteiger partial charge in [0.15, 0.2) is 6.61 Å². The molecule has 0 aliphatic heterocycles. The van der Waals surface area contributed by atoms with Gasteiger partial charge >= 0.3 is 0 Å². The number of carbonyl (C=O) groups excluding carboxylic acids is 1. The normalized spacial score (nSPS) is 9.75. The first kappa shape index (κ1) is 13.6. The van der Waals surface area contributed by atoms with Crippen LogP contribution in [0.25, 0.3) is 0 Å². The van der Waals surface area contributed by atoms with E-state index in [1.807, 2.05) is 16.8 Å². The fraction of sp³-hybridized carbons (Fsp3) is 0.214. The highest BCUT2D eigenvalue weighted by atomic mass is 16.5. The Bertz CT molecular complexity index is 602. The molecule has 6 heteroatoms. The lowest BCUT2D eigenvalue weighted by Crippen LogP contribution is -2.31. The standard InChI is InChI=1S/C14H14N4O2/c15-9-12-3-1-2-4-13(12)20-10-14(19)17-6-8-18-7-5-16-11-18/h1-5,7,11H,6,8,10H2,(H,17,19). The van der Waals surface area contributed by atoms with Gasteiger partial charge in [-0.2, -0.15) is 5.26 Å². The van der Waals surface area contributed by atoms with Gasteiger partial charge in [0.25, 0.3) is 5.91 Å². The van der Waals surface area contributed by atoms with Crippen LogP contribution in [0.1, 0.15) is 5.56 Å². The molecule has 1 aromatic carbocycles. The third-order valence-electron chi connectivity index (χ3n) is 2.62. The quantitative estimate of drug-likeness (QED) is 0.847. The summed E-state index contributed by atoms with van der Waals surface area (Å²) in [6, 6.07) is 8.83. The number of nitrogens with zero attached hydrogens (tertiary/aromatic N) is 3. The summed E-state index contributed by atoms with van der Waals surface area (Å²) in [5.41, 5.74) is 0.415. The van der Waals surface area contributed by atoms with Crippen molar-refractivity contribution in [2.75, 3.05) is 13.2 Å². The molecule has 6 nitrogen and oxygen atoms in total. The maximum atomic E-state index is 11.6. The second-order valence-electron chi connectivity index (χ2n) is 4.05. The number of hydrogen-bond acceptors (Lipinski definition) is 4. The minimum Gasteiger partial charge on any atom is -0.482 e. The van der Waals surface area contributed by atoms with Crippen LogP contribution in [-0.2, 0) is 11.3 Å². The third-order valence-corrected chi connectivity index (χ3v) is 2.62. The molecule has 0 spiro atoms. The molecule has 1 heterocycles. The first-order valence-electron chi connectivity index (χ1n) is 6.14. The van der Waals surface area contributed by atoms with E-state index in [0.717, 1.165) is 0 Å². The van der Waals surface area contributed by atoms with E-state index in [-0.39, 0.29) is 12.5 Å². The van der Waals surface area contributed by atoms with Gasteiger partial charge in [-0.15, -0.1) is 0 Å². The number of amides is 1. The molecule has 1 N–H and O–H groups in total. The van der Waals surface area contributed by atoms with E-state index in [1.54, 1.807) is 36.8 Å². The van der Waals surface area contributed by atoms with Crippen molar-refractivity contribution in [2.45, 2.75) is 6.54 Å².